The van der Waals surface area contributed by atoms with E-state index in [2.05, 4.69) is 33.0 Å². The Morgan fingerprint density at radius 2 is 1.77 bits per heavy atom. The summed E-state index contributed by atoms with van der Waals surface area (Å²) >= 11 is 0. The highest BCUT2D eigenvalue weighted by Crippen LogP contribution is 2.68. The zero-order chi connectivity index (χ0) is 21.4. The van der Waals surface area contributed by atoms with E-state index < -0.39 is 0 Å². The quantitative estimate of drug-likeness (QED) is 0.432. The molecule has 0 heterocycles. The van der Waals surface area contributed by atoms with Crippen molar-refractivity contribution in [3.8, 4) is 0 Å². The molecule has 0 spiro atoms. The molecule has 0 radical (unpaired) electrons. The molecule has 0 aromatic rings. The zero-order valence-corrected chi connectivity index (χ0v) is 20.5. The molecule has 4 aliphatic rings. The Balaban J connectivity index is 1.38. The number of amides is 1. The van der Waals surface area contributed by atoms with Crippen LogP contribution in [0.25, 0.3) is 0 Å². The van der Waals surface area contributed by atoms with Crippen LogP contribution in [0.4, 0.5) is 0 Å². The molecule has 4 rings (SSSR count). The average molecular weight is 416 g/mol. The number of nitrogens with one attached hydrogen (secondary N) is 1. The minimum atomic E-state index is 0.280. The van der Waals surface area contributed by atoms with Crippen LogP contribution in [-0.4, -0.2) is 12.5 Å². The third-order valence-electron chi connectivity index (χ3n) is 11.0. The van der Waals surface area contributed by atoms with E-state index in [0.29, 0.717) is 16.7 Å². The summed E-state index contributed by atoms with van der Waals surface area (Å²) in [7, 11) is 0. The number of hydrogen-bond acceptors (Lipinski definition) is 1. The summed E-state index contributed by atoms with van der Waals surface area (Å²) in [6.07, 6.45) is 18.9. The highest BCUT2D eigenvalue weighted by Gasteiger charge is 2.60. The van der Waals surface area contributed by atoms with E-state index >= 15 is 0 Å². The van der Waals surface area contributed by atoms with Crippen molar-refractivity contribution >= 4 is 5.91 Å². The fourth-order valence-electron chi connectivity index (χ4n) is 9.32. The van der Waals surface area contributed by atoms with Crippen LogP contribution in [0.3, 0.4) is 0 Å². The molecule has 2 heteroatoms. The van der Waals surface area contributed by atoms with Crippen LogP contribution in [0, 0.1) is 46.3 Å². The third kappa shape index (κ3) is 3.99. The van der Waals surface area contributed by atoms with Crippen molar-refractivity contribution in [2.45, 2.75) is 118 Å². The van der Waals surface area contributed by atoms with Crippen LogP contribution in [0.1, 0.15) is 118 Å². The van der Waals surface area contributed by atoms with Gasteiger partial charge in [0.1, 0.15) is 0 Å². The van der Waals surface area contributed by atoms with Crippen molar-refractivity contribution in [3.63, 3.8) is 0 Å². The monoisotopic (exact) mass is 415 g/mol. The number of rotatable bonds is 7. The molecule has 1 amide bonds. The van der Waals surface area contributed by atoms with Crippen molar-refractivity contribution in [2.24, 2.45) is 46.3 Å². The van der Waals surface area contributed by atoms with E-state index in [-0.39, 0.29) is 5.91 Å². The second kappa shape index (κ2) is 9.14. The molecule has 1 N–H and O–H groups in total. The number of carbonyl (C=O) groups excluding carboxylic acids is 1. The van der Waals surface area contributed by atoms with Gasteiger partial charge >= 0.3 is 0 Å². The lowest BCUT2D eigenvalue weighted by Gasteiger charge is -2.61. The minimum Gasteiger partial charge on any atom is -0.356 e. The summed E-state index contributed by atoms with van der Waals surface area (Å²) in [6, 6.07) is 0. The maximum atomic E-state index is 12.2. The first-order valence-corrected chi connectivity index (χ1v) is 13.7. The fraction of sp³-hybridized carbons (Fsp3) is 0.964. The summed E-state index contributed by atoms with van der Waals surface area (Å²) in [5.41, 5.74) is 1.19. The van der Waals surface area contributed by atoms with Gasteiger partial charge in [-0.1, -0.05) is 47.0 Å². The van der Waals surface area contributed by atoms with E-state index in [9.17, 15) is 4.79 Å². The molecule has 0 aliphatic heterocycles. The van der Waals surface area contributed by atoms with E-state index in [1.165, 1.54) is 64.2 Å². The van der Waals surface area contributed by atoms with Crippen LogP contribution < -0.4 is 5.32 Å². The highest BCUT2D eigenvalue weighted by molar-refractivity contribution is 5.75. The minimum absolute atomic E-state index is 0.280. The molecule has 0 saturated heterocycles. The van der Waals surface area contributed by atoms with E-state index in [1.807, 2.05) is 0 Å². The van der Waals surface area contributed by atoms with E-state index in [4.69, 9.17) is 0 Å². The molecule has 4 fully saturated rings. The zero-order valence-electron chi connectivity index (χ0n) is 20.5. The first kappa shape index (κ1) is 22.7. The number of fused-ring (bicyclic) bond motifs is 5. The topological polar surface area (TPSA) is 29.1 Å². The van der Waals surface area contributed by atoms with E-state index in [1.54, 1.807) is 0 Å². The Kier molecular flexibility index (Phi) is 6.91. The van der Waals surface area contributed by atoms with Gasteiger partial charge in [-0.15, -0.1) is 0 Å². The van der Waals surface area contributed by atoms with Crippen LogP contribution in [0.2, 0.25) is 0 Å². The molecule has 8 atom stereocenters. The lowest BCUT2D eigenvalue weighted by atomic mass is 9.44. The van der Waals surface area contributed by atoms with Crippen molar-refractivity contribution < 1.29 is 4.79 Å². The second-order valence-corrected chi connectivity index (χ2v) is 12.4. The molecule has 30 heavy (non-hydrogen) atoms. The maximum Gasteiger partial charge on any atom is 0.220 e. The van der Waals surface area contributed by atoms with Crippen molar-refractivity contribution in [3.05, 3.63) is 0 Å². The van der Waals surface area contributed by atoms with Gasteiger partial charge in [-0.3, -0.25) is 4.79 Å². The molecular formula is C28H49NO. The first-order valence-electron chi connectivity index (χ1n) is 13.7. The third-order valence-corrected chi connectivity index (χ3v) is 11.0. The average Bonchev–Trinajstić information content (AvgIpc) is 3.09. The molecule has 172 valence electrons. The fourth-order valence-corrected chi connectivity index (χ4v) is 9.32. The van der Waals surface area contributed by atoms with Crippen molar-refractivity contribution in [1.29, 1.82) is 0 Å². The summed E-state index contributed by atoms with van der Waals surface area (Å²) in [5.74, 6) is 5.80. The summed E-state index contributed by atoms with van der Waals surface area (Å²) in [6.45, 7) is 10.9. The smallest absolute Gasteiger partial charge is 0.220 e. The van der Waals surface area contributed by atoms with Crippen LogP contribution in [-0.2, 0) is 4.79 Å². The summed E-state index contributed by atoms with van der Waals surface area (Å²) in [5, 5.41) is 3.12. The van der Waals surface area contributed by atoms with Crippen LogP contribution >= 0.6 is 0 Å². The van der Waals surface area contributed by atoms with E-state index in [0.717, 1.165) is 61.8 Å². The van der Waals surface area contributed by atoms with Gasteiger partial charge in [0.2, 0.25) is 5.91 Å². The SMILES string of the molecule is CCCCNC(=O)CC[C@@H](C)C1CC[C@H]2C3CCC4CCCCC4(C)[C@H]3CCC12C. The van der Waals surface area contributed by atoms with Gasteiger partial charge in [-0.05, 0) is 111 Å². The Labute approximate surface area is 186 Å². The number of unbranched alkanes of at least 4 members (excludes halogenated alkanes) is 1. The molecule has 0 aromatic carbocycles. The molecule has 4 saturated carbocycles. The van der Waals surface area contributed by atoms with Gasteiger partial charge < -0.3 is 5.32 Å². The van der Waals surface area contributed by atoms with Crippen molar-refractivity contribution in [1.82, 2.24) is 5.32 Å². The van der Waals surface area contributed by atoms with Crippen LogP contribution in [0.15, 0.2) is 0 Å². The summed E-state index contributed by atoms with van der Waals surface area (Å²) in [4.78, 5) is 12.2. The molecule has 0 aromatic heterocycles. The summed E-state index contributed by atoms with van der Waals surface area (Å²) < 4.78 is 0. The molecule has 2 nitrogen and oxygen atoms in total. The number of hydrogen-bond donors (Lipinski definition) is 1. The highest BCUT2D eigenvalue weighted by atomic mass is 16.1. The van der Waals surface area contributed by atoms with Gasteiger partial charge in [0, 0.05) is 13.0 Å². The number of carbonyl (C=O) groups is 1. The second-order valence-electron chi connectivity index (χ2n) is 12.4. The van der Waals surface area contributed by atoms with Gasteiger partial charge in [0.25, 0.3) is 0 Å². The predicted molar refractivity (Wildman–Crippen MR) is 126 cm³/mol. The molecule has 4 aliphatic carbocycles. The predicted octanol–water partition coefficient (Wildman–Crippen LogP) is 7.37. The van der Waals surface area contributed by atoms with Crippen LogP contribution in [0.5, 0.6) is 0 Å². The van der Waals surface area contributed by atoms with Gasteiger partial charge in [-0.2, -0.15) is 0 Å². The molecule has 5 unspecified atom stereocenters. The lowest BCUT2D eigenvalue weighted by molar-refractivity contribution is -0.122. The molecule has 0 bridgehead atoms. The lowest BCUT2D eigenvalue weighted by Crippen LogP contribution is -2.53. The van der Waals surface area contributed by atoms with Crippen molar-refractivity contribution in [2.75, 3.05) is 6.54 Å². The van der Waals surface area contributed by atoms with Gasteiger partial charge in [0.05, 0.1) is 0 Å². The molecular weight excluding hydrogens is 366 g/mol. The Hall–Kier alpha value is -0.530. The Bertz CT molecular complexity index is 601. The van der Waals surface area contributed by atoms with Gasteiger partial charge in [-0.25, -0.2) is 0 Å². The normalized spacial score (nSPS) is 43.9. The standard InChI is InChI=1S/C28H49NO/c1-5-6-19-29-26(30)15-10-20(2)23-13-14-24-22-12-11-21-9-7-8-17-27(21,3)25(22)16-18-28(23,24)4/h20-25H,5-19H2,1-4H3,(H,29,30)/t20-,21?,22?,23?,24+,25+,27?,28?/m1/s1. The first-order chi connectivity index (χ1) is 14.4. The Morgan fingerprint density at radius 3 is 2.57 bits per heavy atom. The Morgan fingerprint density at radius 1 is 0.967 bits per heavy atom. The maximum absolute atomic E-state index is 12.2. The largest absolute Gasteiger partial charge is 0.356 e. The van der Waals surface area contributed by atoms with Gasteiger partial charge in [0.15, 0.2) is 0 Å².